The van der Waals surface area contributed by atoms with Crippen LogP contribution in [0.5, 0.6) is 0 Å². The Morgan fingerprint density at radius 2 is 1.52 bits per heavy atom. The molecule has 0 spiro atoms. The molecule has 1 atom stereocenters. The summed E-state index contributed by atoms with van der Waals surface area (Å²) in [6.07, 6.45) is 2.19. The van der Waals surface area contributed by atoms with Gasteiger partial charge in [-0.2, -0.15) is 0 Å². The van der Waals surface area contributed by atoms with Gasteiger partial charge < -0.3 is 5.73 Å². The second-order valence-electron chi connectivity index (χ2n) is 6.83. The molecule has 2 rings (SSSR count). The zero-order valence-corrected chi connectivity index (χ0v) is 13.5. The van der Waals surface area contributed by atoms with Gasteiger partial charge in [0.25, 0.3) is 0 Å². The van der Waals surface area contributed by atoms with Crippen molar-refractivity contribution in [2.24, 2.45) is 5.73 Å². The van der Waals surface area contributed by atoms with E-state index in [-0.39, 0.29) is 5.41 Å². The summed E-state index contributed by atoms with van der Waals surface area (Å²) in [6, 6.07) is 19.7. The van der Waals surface area contributed by atoms with Crippen LogP contribution in [0.3, 0.4) is 0 Å². The predicted molar refractivity (Wildman–Crippen MR) is 91.7 cm³/mol. The van der Waals surface area contributed by atoms with E-state index < -0.39 is 0 Å². The van der Waals surface area contributed by atoms with E-state index in [0.29, 0.717) is 12.5 Å². The molecule has 2 N–H and O–H groups in total. The Morgan fingerprint density at radius 3 is 2.05 bits per heavy atom. The number of benzene rings is 2. The lowest BCUT2D eigenvalue weighted by molar-refractivity contribution is 0.587. The van der Waals surface area contributed by atoms with Gasteiger partial charge in [0.1, 0.15) is 0 Å². The minimum Gasteiger partial charge on any atom is -0.330 e. The van der Waals surface area contributed by atoms with Crippen molar-refractivity contribution >= 4 is 0 Å². The molecule has 1 nitrogen and oxygen atoms in total. The summed E-state index contributed by atoms with van der Waals surface area (Å²) < 4.78 is 0. The molecule has 0 radical (unpaired) electrons. The summed E-state index contributed by atoms with van der Waals surface area (Å²) in [4.78, 5) is 0. The summed E-state index contributed by atoms with van der Waals surface area (Å²) >= 11 is 0. The largest absolute Gasteiger partial charge is 0.330 e. The molecule has 112 valence electrons. The minimum absolute atomic E-state index is 0.209. The third-order valence-electron chi connectivity index (χ3n) is 4.16. The van der Waals surface area contributed by atoms with E-state index >= 15 is 0 Å². The lowest BCUT2D eigenvalue weighted by Crippen LogP contribution is -2.15. The molecule has 0 fully saturated rings. The normalized spacial score (nSPS) is 13.1. The van der Waals surface area contributed by atoms with Gasteiger partial charge in [-0.15, -0.1) is 0 Å². The number of rotatable bonds is 5. The fourth-order valence-electron chi connectivity index (χ4n) is 2.66. The molecule has 0 saturated carbocycles. The predicted octanol–water partition coefficient (Wildman–Crippen LogP) is 4.66. The third kappa shape index (κ3) is 4.44. The van der Waals surface area contributed by atoms with Crippen LogP contribution in [0.25, 0.3) is 0 Å². The third-order valence-corrected chi connectivity index (χ3v) is 4.16. The summed E-state index contributed by atoms with van der Waals surface area (Å²) in [6.45, 7) is 7.45. The maximum atomic E-state index is 5.99. The van der Waals surface area contributed by atoms with Gasteiger partial charge in [-0.1, -0.05) is 75.4 Å². The topological polar surface area (TPSA) is 26.0 Å². The number of hydrogen-bond acceptors (Lipinski definition) is 1. The van der Waals surface area contributed by atoms with Crippen molar-refractivity contribution in [3.8, 4) is 0 Å². The molecule has 0 aliphatic carbocycles. The molecular weight excluding hydrogens is 254 g/mol. The minimum atomic E-state index is 0.209. The summed E-state index contributed by atoms with van der Waals surface area (Å²) in [5.74, 6) is 0.444. The summed E-state index contributed by atoms with van der Waals surface area (Å²) in [5, 5.41) is 0. The Bertz CT molecular complexity index is 534. The van der Waals surface area contributed by atoms with Gasteiger partial charge in [0, 0.05) is 0 Å². The first-order valence-electron chi connectivity index (χ1n) is 7.85. The van der Waals surface area contributed by atoms with E-state index in [1.54, 1.807) is 0 Å². The first kappa shape index (κ1) is 15.8. The molecule has 21 heavy (non-hydrogen) atoms. The summed E-state index contributed by atoms with van der Waals surface area (Å²) in [5.41, 5.74) is 10.3. The average molecular weight is 281 g/mol. The molecule has 0 heterocycles. The van der Waals surface area contributed by atoms with E-state index in [4.69, 9.17) is 5.73 Å². The van der Waals surface area contributed by atoms with Gasteiger partial charge in [0.15, 0.2) is 0 Å². The molecule has 1 heteroatoms. The molecule has 0 aliphatic heterocycles. The van der Waals surface area contributed by atoms with Gasteiger partial charge in [0.2, 0.25) is 0 Å². The lowest BCUT2D eigenvalue weighted by Gasteiger charge is -2.21. The van der Waals surface area contributed by atoms with Crippen LogP contribution in [0.1, 0.15) is 49.8 Å². The van der Waals surface area contributed by atoms with Crippen LogP contribution in [0, 0.1) is 0 Å². The number of nitrogens with two attached hydrogens (primary N) is 1. The molecule has 0 amide bonds. The number of aryl methyl sites for hydroxylation is 1. The van der Waals surface area contributed by atoms with Crippen molar-refractivity contribution in [3.05, 3.63) is 71.3 Å². The van der Waals surface area contributed by atoms with Crippen molar-refractivity contribution in [3.63, 3.8) is 0 Å². The van der Waals surface area contributed by atoms with Crippen LogP contribution >= 0.6 is 0 Å². The standard InChI is InChI=1S/C20H27N/c1-20(2,3)19-13-11-17(12-14-19)18(15-21)10-9-16-7-5-4-6-8-16/h4-8,11-14,18H,9-10,15,21H2,1-3H3/t18-/m0/s1. The fraction of sp³-hybridized carbons (Fsp3) is 0.400. The first-order chi connectivity index (χ1) is 10.0. The molecule has 0 saturated heterocycles. The van der Waals surface area contributed by atoms with E-state index in [1.807, 2.05) is 0 Å². The molecular formula is C20H27N. The van der Waals surface area contributed by atoms with Crippen molar-refractivity contribution in [2.45, 2.75) is 44.9 Å². The lowest BCUT2D eigenvalue weighted by atomic mass is 9.85. The van der Waals surface area contributed by atoms with Crippen LogP contribution in [-0.4, -0.2) is 6.54 Å². The zero-order chi connectivity index (χ0) is 15.3. The van der Waals surface area contributed by atoms with Gasteiger partial charge in [-0.05, 0) is 47.4 Å². The Morgan fingerprint density at radius 1 is 0.905 bits per heavy atom. The highest BCUT2D eigenvalue weighted by Crippen LogP contribution is 2.26. The smallest absolute Gasteiger partial charge is 0.000812 e. The Hall–Kier alpha value is -1.60. The van der Waals surface area contributed by atoms with E-state index in [0.717, 1.165) is 12.8 Å². The Balaban J connectivity index is 2.04. The van der Waals surface area contributed by atoms with E-state index in [9.17, 15) is 0 Å². The Labute approximate surface area is 129 Å². The van der Waals surface area contributed by atoms with Crippen molar-refractivity contribution < 1.29 is 0 Å². The molecule has 0 unspecified atom stereocenters. The maximum Gasteiger partial charge on any atom is -0.000812 e. The summed E-state index contributed by atoms with van der Waals surface area (Å²) in [7, 11) is 0. The van der Waals surface area contributed by atoms with Crippen molar-refractivity contribution in [1.82, 2.24) is 0 Å². The molecule has 2 aromatic carbocycles. The second kappa shape index (κ2) is 6.91. The molecule has 0 bridgehead atoms. The van der Waals surface area contributed by atoms with E-state index in [2.05, 4.69) is 75.4 Å². The maximum absolute atomic E-state index is 5.99. The molecule has 0 aliphatic rings. The second-order valence-corrected chi connectivity index (χ2v) is 6.83. The molecule has 2 aromatic rings. The molecule has 0 aromatic heterocycles. The first-order valence-corrected chi connectivity index (χ1v) is 7.85. The van der Waals surface area contributed by atoms with Crippen molar-refractivity contribution in [1.29, 1.82) is 0 Å². The van der Waals surface area contributed by atoms with Crippen molar-refractivity contribution in [2.75, 3.05) is 6.54 Å². The van der Waals surface area contributed by atoms with Gasteiger partial charge in [-0.3, -0.25) is 0 Å². The van der Waals surface area contributed by atoms with Crippen LogP contribution in [0.15, 0.2) is 54.6 Å². The monoisotopic (exact) mass is 281 g/mol. The SMILES string of the molecule is CC(C)(C)c1ccc([C@H](CN)CCc2ccccc2)cc1. The van der Waals surface area contributed by atoms with Gasteiger partial charge >= 0.3 is 0 Å². The quantitative estimate of drug-likeness (QED) is 0.847. The van der Waals surface area contributed by atoms with Gasteiger partial charge in [-0.25, -0.2) is 0 Å². The zero-order valence-electron chi connectivity index (χ0n) is 13.5. The number of hydrogen-bond donors (Lipinski definition) is 1. The van der Waals surface area contributed by atoms with Crippen LogP contribution < -0.4 is 5.73 Å². The van der Waals surface area contributed by atoms with Crippen LogP contribution in [0.4, 0.5) is 0 Å². The highest BCUT2D eigenvalue weighted by molar-refractivity contribution is 5.30. The van der Waals surface area contributed by atoms with Crippen LogP contribution in [-0.2, 0) is 11.8 Å². The van der Waals surface area contributed by atoms with Gasteiger partial charge in [0.05, 0.1) is 0 Å². The van der Waals surface area contributed by atoms with Crippen LogP contribution in [0.2, 0.25) is 0 Å². The fourth-order valence-corrected chi connectivity index (χ4v) is 2.66. The Kier molecular flexibility index (Phi) is 5.19. The highest BCUT2D eigenvalue weighted by atomic mass is 14.5. The van der Waals surface area contributed by atoms with E-state index in [1.165, 1.54) is 16.7 Å². The average Bonchev–Trinajstić information content (AvgIpc) is 2.48. The highest BCUT2D eigenvalue weighted by Gasteiger charge is 2.15.